The van der Waals surface area contributed by atoms with Crippen LogP contribution in [-0.4, -0.2) is 14.8 Å². The van der Waals surface area contributed by atoms with Crippen molar-refractivity contribution in [3.8, 4) is 11.4 Å². The summed E-state index contributed by atoms with van der Waals surface area (Å²) in [5.41, 5.74) is 7.51. The Labute approximate surface area is 127 Å². The molecule has 0 amide bonds. The molecule has 0 radical (unpaired) electrons. The van der Waals surface area contributed by atoms with Crippen LogP contribution in [0.3, 0.4) is 0 Å². The monoisotopic (exact) mass is 286 g/mol. The van der Waals surface area contributed by atoms with Crippen LogP contribution in [0.4, 0.5) is 5.69 Å². The number of hydrogen-bond donors (Lipinski definition) is 1. The van der Waals surface area contributed by atoms with Crippen molar-refractivity contribution < 1.29 is 0 Å². The van der Waals surface area contributed by atoms with Gasteiger partial charge in [-0.3, -0.25) is 4.68 Å². The van der Waals surface area contributed by atoms with Gasteiger partial charge in [0.05, 0.1) is 0 Å². The number of nitrogens with zero attached hydrogens (tertiary/aromatic N) is 3. The average molecular weight is 286 g/mol. The lowest BCUT2D eigenvalue weighted by atomic mass is 10.1. The minimum Gasteiger partial charge on any atom is -0.399 e. The van der Waals surface area contributed by atoms with Gasteiger partial charge in [-0.1, -0.05) is 57.6 Å². The van der Waals surface area contributed by atoms with E-state index < -0.39 is 0 Å². The number of nitrogens with two attached hydrogens (primary N) is 1. The molecule has 0 unspecified atom stereocenters. The third kappa shape index (κ3) is 5.21. The number of hydrogen-bond acceptors (Lipinski definition) is 3. The molecule has 0 saturated heterocycles. The first-order valence-electron chi connectivity index (χ1n) is 8.05. The molecule has 114 valence electrons. The highest BCUT2D eigenvalue weighted by Gasteiger charge is 2.04. The minimum atomic E-state index is 0.746. The number of rotatable bonds is 9. The molecule has 0 atom stereocenters. The lowest BCUT2D eigenvalue weighted by Gasteiger charge is -2.01. The van der Waals surface area contributed by atoms with Gasteiger partial charge in [-0.25, -0.2) is 4.98 Å². The van der Waals surface area contributed by atoms with E-state index in [9.17, 15) is 0 Å². The standard InChI is InChI=1S/C17H26N4/c1-2-3-4-5-6-7-8-12-21-14-19-17(20-21)15-10-9-11-16(18)13-15/h9-11,13-14H,2-8,12,18H2,1H3. The van der Waals surface area contributed by atoms with Crippen LogP contribution in [0.25, 0.3) is 11.4 Å². The zero-order valence-corrected chi connectivity index (χ0v) is 13.0. The zero-order valence-electron chi connectivity index (χ0n) is 13.0. The molecule has 2 rings (SSSR count). The Morgan fingerprint density at radius 3 is 2.57 bits per heavy atom. The van der Waals surface area contributed by atoms with Gasteiger partial charge in [0.2, 0.25) is 0 Å². The van der Waals surface area contributed by atoms with Gasteiger partial charge in [0.25, 0.3) is 0 Å². The molecule has 21 heavy (non-hydrogen) atoms. The van der Waals surface area contributed by atoms with E-state index in [1.165, 1.54) is 44.9 Å². The third-order valence-electron chi connectivity index (χ3n) is 3.67. The summed E-state index contributed by atoms with van der Waals surface area (Å²) in [6.07, 6.45) is 11.0. The summed E-state index contributed by atoms with van der Waals surface area (Å²) in [7, 11) is 0. The Balaban J connectivity index is 1.73. The molecule has 0 spiro atoms. The molecular weight excluding hydrogens is 260 g/mol. The van der Waals surface area contributed by atoms with Crippen LogP contribution >= 0.6 is 0 Å². The largest absolute Gasteiger partial charge is 0.399 e. The Morgan fingerprint density at radius 1 is 1.05 bits per heavy atom. The van der Waals surface area contributed by atoms with Gasteiger partial charge in [-0.05, 0) is 18.6 Å². The Hall–Kier alpha value is -1.84. The predicted molar refractivity (Wildman–Crippen MR) is 87.9 cm³/mol. The molecule has 2 N–H and O–H groups in total. The third-order valence-corrected chi connectivity index (χ3v) is 3.67. The van der Waals surface area contributed by atoms with Gasteiger partial charge < -0.3 is 5.73 Å². The van der Waals surface area contributed by atoms with E-state index in [0.29, 0.717) is 0 Å². The Morgan fingerprint density at radius 2 is 1.81 bits per heavy atom. The maximum absolute atomic E-state index is 5.79. The van der Waals surface area contributed by atoms with Crippen molar-refractivity contribution in [3.05, 3.63) is 30.6 Å². The van der Waals surface area contributed by atoms with Crippen LogP contribution in [0.1, 0.15) is 51.9 Å². The van der Waals surface area contributed by atoms with E-state index in [-0.39, 0.29) is 0 Å². The smallest absolute Gasteiger partial charge is 0.181 e. The van der Waals surface area contributed by atoms with E-state index >= 15 is 0 Å². The fourth-order valence-electron chi connectivity index (χ4n) is 2.44. The van der Waals surface area contributed by atoms with Crippen molar-refractivity contribution in [2.75, 3.05) is 5.73 Å². The van der Waals surface area contributed by atoms with Gasteiger partial charge in [-0.15, -0.1) is 0 Å². The highest BCUT2D eigenvalue weighted by Crippen LogP contribution is 2.17. The van der Waals surface area contributed by atoms with Crippen LogP contribution in [0, 0.1) is 0 Å². The second kappa shape index (κ2) is 8.45. The summed E-state index contributed by atoms with van der Waals surface area (Å²) in [6, 6.07) is 7.71. The van der Waals surface area contributed by atoms with Crippen molar-refractivity contribution >= 4 is 5.69 Å². The number of nitrogen functional groups attached to an aromatic ring is 1. The van der Waals surface area contributed by atoms with Crippen LogP contribution in [0.2, 0.25) is 0 Å². The topological polar surface area (TPSA) is 56.7 Å². The molecule has 0 saturated carbocycles. The summed E-state index contributed by atoms with van der Waals surface area (Å²) in [6.45, 7) is 3.20. The van der Waals surface area contributed by atoms with Gasteiger partial charge in [-0.2, -0.15) is 5.10 Å². The van der Waals surface area contributed by atoms with Crippen LogP contribution in [0.5, 0.6) is 0 Å². The molecule has 2 aromatic rings. The molecule has 0 aliphatic carbocycles. The van der Waals surface area contributed by atoms with Crippen LogP contribution < -0.4 is 5.73 Å². The van der Waals surface area contributed by atoms with Gasteiger partial charge in [0.15, 0.2) is 5.82 Å². The summed E-state index contributed by atoms with van der Waals surface area (Å²) >= 11 is 0. The molecule has 1 aromatic carbocycles. The molecule has 1 heterocycles. The van der Waals surface area contributed by atoms with Gasteiger partial charge >= 0.3 is 0 Å². The fraction of sp³-hybridized carbons (Fsp3) is 0.529. The van der Waals surface area contributed by atoms with E-state index in [4.69, 9.17) is 5.73 Å². The minimum absolute atomic E-state index is 0.746. The summed E-state index contributed by atoms with van der Waals surface area (Å²) in [4.78, 5) is 4.36. The molecule has 4 nitrogen and oxygen atoms in total. The first kappa shape index (κ1) is 15.5. The second-order valence-corrected chi connectivity index (χ2v) is 5.58. The number of unbranched alkanes of at least 4 members (excludes halogenated alkanes) is 6. The Bertz CT molecular complexity index is 533. The predicted octanol–water partition coefficient (Wildman–Crippen LogP) is 4.28. The van der Waals surface area contributed by atoms with E-state index in [2.05, 4.69) is 17.0 Å². The second-order valence-electron chi connectivity index (χ2n) is 5.58. The lowest BCUT2D eigenvalue weighted by Crippen LogP contribution is -1.99. The first-order chi connectivity index (χ1) is 10.3. The van der Waals surface area contributed by atoms with Gasteiger partial charge in [0.1, 0.15) is 6.33 Å². The zero-order chi connectivity index (χ0) is 14.9. The van der Waals surface area contributed by atoms with E-state index in [1.54, 1.807) is 0 Å². The summed E-state index contributed by atoms with van der Waals surface area (Å²) in [5.74, 6) is 0.755. The normalized spacial score (nSPS) is 10.9. The number of anilines is 1. The molecule has 0 aliphatic heterocycles. The van der Waals surface area contributed by atoms with Crippen LogP contribution in [-0.2, 0) is 6.54 Å². The molecular formula is C17H26N4. The van der Waals surface area contributed by atoms with Crippen molar-refractivity contribution in [2.45, 2.75) is 58.4 Å². The van der Waals surface area contributed by atoms with Crippen molar-refractivity contribution in [3.63, 3.8) is 0 Å². The van der Waals surface area contributed by atoms with Crippen molar-refractivity contribution in [2.24, 2.45) is 0 Å². The quantitative estimate of drug-likeness (QED) is 0.553. The number of aryl methyl sites for hydroxylation is 1. The summed E-state index contributed by atoms with van der Waals surface area (Å²) in [5, 5.41) is 4.52. The van der Waals surface area contributed by atoms with Gasteiger partial charge in [0, 0.05) is 17.8 Å². The Kier molecular flexibility index (Phi) is 6.25. The molecule has 0 bridgehead atoms. The molecule has 0 fully saturated rings. The number of aromatic nitrogens is 3. The van der Waals surface area contributed by atoms with E-state index in [1.807, 2.05) is 35.3 Å². The molecule has 1 aromatic heterocycles. The van der Waals surface area contributed by atoms with E-state index in [0.717, 1.165) is 23.6 Å². The lowest BCUT2D eigenvalue weighted by molar-refractivity contribution is 0.523. The molecule has 4 heteroatoms. The highest BCUT2D eigenvalue weighted by molar-refractivity contribution is 5.60. The first-order valence-corrected chi connectivity index (χ1v) is 8.05. The summed E-state index contributed by atoms with van der Waals surface area (Å²) < 4.78 is 1.94. The SMILES string of the molecule is CCCCCCCCCn1cnc(-c2cccc(N)c2)n1. The van der Waals surface area contributed by atoms with Crippen molar-refractivity contribution in [1.29, 1.82) is 0 Å². The average Bonchev–Trinajstić information content (AvgIpc) is 2.95. The van der Waals surface area contributed by atoms with Crippen LogP contribution in [0.15, 0.2) is 30.6 Å². The fourth-order valence-corrected chi connectivity index (χ4v) is 2.44. The number of benzene rings is 1. The maximum atomic E-state index is 5.79. The molecule has 0 aliphatic rings. The highest BCUT2D eigenvalue weighted by atomic mass is 15.3. The van der Waals surface area contributed by atoms with Crippen molar-refractivity contribution in [1.82, 2.24) is 14.8 Å². The maximum Gasteiger partial charge on any atom is 0.181 e.